The average Bonchev–Trinajstić information content (AvgIpc) is 2.99. The lowest BCUT2D eigenvalue weighted by Crippen LogP contribution is -2.43. The number of β-amino-alcohol motifs (C(OH)–C–C–N with tert-alkyl or cyclic N) is 1. The van der Waals surface area contributed by atoms with E-state index in [1.807, 2.05) is 25.7 Å². The number of ether oxygens (including phenoxy) is 1. The van der Waals surface area contributed by atoms with Crippen molar-refractivity contribution in [3.63, 3.8) is 0 Å². The van der Waals surface area contributed by atoms with Gasteiger partial charge in [0.15, 0.2) is 5.96 Å². The third-order valence-corrected chi connectivity index (χ3v) is 4.77. The van der Waals surface area contributed by atoms with E-state index in [-0.39, 0.29) is 36.2 Å². The average molecular weight is 496 g/mol. The summed E-state index contributed by atoms with van der Waals surface area (Å²) in [5, 5.41) is 13.0. The zero-order valence-corrected chi connectivity index (χ0v) is 19.6. The molecule has 2 rings (SSSR count). The van der Waals surface area contributed by atoms with Crippen molar-refractivity contribution in [3.05, 3.63) is 0 Å². The molecule has 0 saturated carbocycles. The number of aliphatic imine (C=N–C) groups is 1. The molecule has 0 aromatic rings. The summed E-state index contributed by atoms with van der Waals surface area (Å²) in [5.74, 6) is 1.36. The Morgan fingerprint density at radius 3 is 2.56 bits per heavy atom. The van der Waals surface area contributed by atoms with Crippen molar-refractivity contribution in [1.82, 2.24) is 15.1 Å². The predicted molar refractivity (Wildman–Crippen MR) is 119 cm³/mol. The molecule has 0 aromatic heterocycles. The van der Waals surface area contributed by atoms with Gasteiger partial charge in [0.2, 0.25) is 0 Å². The monoisotopic (exact) mass is 496 g/mol. The number of rotatable bonds is 4. The zero-order chi connectivity index (χ0) is 19.2. The van der Waals surface area contributed by atoms with Crippen LogP contribution >= 0.6 is 24.0 Å². The topological polar surface area (TPSA) is 77.4 Å². The standard InChI is InChI=1S/C19H36N4O3.HI/c1-5-20-17(22-12-9-16(24)14-22)21-10-8-15-7-6-11-23(13-15)18(25)26-19(2,3)4;/h15-16,24H,5-14H2,1-4H3,(H,20,21);1H/t15?,16-;/m1./s1. The summed E-state index contributed by atoms with van der Waals surface area (Å²) in [6, 6.07) is 0. The number of nitrogens with one attached hydrogen (secondary N) is 1. The fourth-order valence-electron chi connectivity index (χ4n) is 3.51. The first-order valence-corrected chi connectivity index (χ1v) is 9.97. The van der Waals surface area contributed by atoms with Crippen molar-refractivity contribution in [2.75, 3.05) is 39.3 Å². The number of likely N-dealkylation sites (tertiary alicyclic amines) is 2. The van der Waals surface area contributed by atoms with Crippen LogP contribution in [0.5, 0.6) is 0 Å². The van der Waals surface area contributed by atoms with E-state index in [0.717, 1.165) is 64.4 Å². The van der Waals surface area contributed by atoms with Crippen molar-refractivity contribution >= 4 is 36.0 Å². The highest BCUT2D eigenvalue weighted by atomic mass is 127. The highest BCUT2D eigenvalue weighted by molar-refractivity contribution is 14.0. The molecule has 2 aliphatic rings. The first-order valence-electron chi connectivity index (χ1n) is 9.97. The maximum Gasteiger partial charge on any atom is 0.410 e. The smallest absolute Gasteiger partial charge is 0.410 e. The predicted octanol–water partition coefficient (Wildman–Crippen LogP) is 2.67. The molecule has 2 aliphatic heterocycles. The number of halogens is 1. The summed E-state index contributed by atoms with van der Waals surface area (Å²) < 4.78 is 5.50. The summed E-state index contributed by atoms with van der Waals surface area (Å²) in [4.78, 5) is 21.0. The molecule has 1 amide bonds. The molecule has 2 saturated heterocycles. The SMILES string of the molecule is CCNC(=NCCC1CCCN(C(=O)OC(C)(C)C)C1)N1CC[C@@H](O)C1.I. The minimum Gasteiger partial charge on any atom is -0.444 e. The van der Waals surface area contributed by atoms with Crippen molar-refractivity contribution < 1.29 is 14.6 Å². The van der Waals surface area contributed by atoms with E-state index in [2.05, 4.69) is 17.1 Å². The normalized spacial score (nSPS) is 23.8. The molecule has 1 unspecified atom stereocenters. The van der Waals surface area contributed by atoms with E-state index in [1.54, 1.807) is 0 Å². The minimum atomic E-state index is -0.449. The number of aliphatic hydroxyl groups is 1. The molecule has 7 nitrogen and oxygen atoms in total. The molecule has 0 radical (unpaired) electrons. The third-order valence-electron chi connectivity index (χ3n) is 4.77. The maximum atomic E-state index is 12.3. The highest BCUT2D eigenvalue weighted by Gasteiger charge is 2.27. The molecule has 2 atom stereocenters. The molecule has 2 fully saturated rings. The number of nitrogens with zero attached hydrogens (tertiary/aromatic N) is 3. The molecular weight excluding hydrogens is 459 g/mol. The zero-order valence-electron chi connectivity index (χ0n) is 17.2. The van der Waals surface area contributed by atoms with Crippen LogP contribution in [0.3, 0.4) is 0 Å². The largest absolute Gasteiger partial charge is 0.444 e. The second kappa shape index (κ2) is 11.3. The van der Waals surface area contributed by atoms with Crippen molar-refractivity contribution in [1.29, 1.82) is 0 Å². The first-order chi connectivity index (χ1) is 12.3. The van der Waals surface area contributed by atoms with Crippen molar-refractivity contribution in [3.8, 4) is 0 Å². The summed E-state index contributed by atoms with van der Waals surface area (Å²) >= 11 is 0. The van der Waals surface area contributed by atoms with Gasteiger partial charge in [0, 0.05) is 39.3 Å². The van der Waals surface area contributed by atoms with E-state index >= 15 is 0 Å². The van der Waals surface area contributed by atoms with Crippen LogP contribution in [0.4, 0.5) is 4.79 Å². The van der Waals surface area contributed by atoms with Gasteiger partial charge in [0.25, 0.3) is 0 Å². The molecule has 27 heavy (non-hydrogen) atoms. The lowest BCUT2D eigenvalue weighted by Gasteiger charge is -2.34. The van der Waals surface area contributed by atoms with Crippen LogP contribution in [0, 0.1) is 5.92 Å². The van der Waals surface area contributed by atoms with Crippen LogP contribution in [-0.4, -0.2) is 77.9 Å². The van der Waals surface area contributed by atoms with Crippen molar-refractivity contribution in [2.24, 2.45) is 10.9 Å². The molecule has 158 valence electrons. The third kappa shape index (κ3) is 8.41. The Kier molecular flexibility index (Phi) is 10.1. The Bertz CT molecular complexity index is 496. The van der Waals surface area contributed by atoms with E-state index in [9.17, 15) is 9.90 Å². The first kappa shape index (κ1) is 24.3. The van der Waals surface area contributed by atoms with Gasteiger partial charge in [-0.1, -0.05) is 0 Å². The fourth-order valence-corrected chi connectivity index (χ4v) is 3.51. The van der Waals surface area contributed by atoms with Gasteiger partial charge in [-0.2, -0.15) is 0 Å². The van der Waals surface area contributed by atoms with Gasteiger partial charge in [-0.25, -0.2) is 4.79 Å². The quantitative estimate of drug-likeness (QED) is 0.356. The van der Waals surface area contributed by atoms with E-state index < -0.39 is 5.60 Å². The van der Waals surface area contributed by atoms with E-state index in [0.29, 0.717) is 12.5 Å². The second-order valence-electron chi connectivity index (χ2n) is 8.35. The Labute approximate surface area is 180 Å². The van der Waals surface area contributed by atoms with Gasteiger partial charge in [-0.3, -0.25) is 4.99 Å². The number of aliphatic hydroxyl groups excluding tert-OH is 1. The fraction of sp³-hybridized carbons (Fsp3) is 0.895. The minimum absolute atomic E-state index is 0. The molecule has 0 spiro atoms. The van der Waals surface area contributed by atoms with E-state index in [1.165, 1.54) is 0 Å². The number of amides is 1. The lowest BCUT2D eigenvalue weighted by atomic mass is 9.95. The van der Waals surface area contributed by atoms with Gasteiger partial charge in [0.1, 0.15) is 5.60 Å². The Morgan fingerprint density at radius 2 is 1.96 bits per heavy atom. The van der Waals surface area contributed by atoms with Crippen LogP contribution in [0.25, 0.3) is 0 Å². The Balaban J connectivity index is 0.00000364. The number of piperidine rings is 1. The van der Waals surface area contributed by atoms with Crippen LogP contribution in [-0.2, 0) is 4.74 Å². The van der Waals surface area contributed by atoms with Crippen LogP contribution < -0.4 is 5.32 Å². The number of guanidine groups is 1. The lowest BCUT2D eigenvalue weighted by molar-refractivity contribution is 0.0163. The molecule has 8 heteroatoms. The van der Waals surface area contributed by atoms with Gasteiger partial charge >= 0.3 is 6.09 Å². The Hall–Kier alpha value is -0.770. The number of hydrogen-bond acceptors (Lipinski definition) is 4. The highest BCUT2D eigenvalue weighted by Crippen LogP contribution is 2.22. The number of carbonyl (C=O) groups is 1. The maximum absolute atomic E-state index is 12.3. The van der Waals surface area contributed by atoms with Crippen LogP contribution in [0.15, 0.2) is 4.99 Å². The molecule has 0 aliphatic carbocycles. The summed E-state index contributed by atoms with van der Waals surface area (Å²) in [6.45, 7) is 12.4. The number of carbonyl (C=O) groups excluding carboxylic acids is 1. The van der Waals surface area contributed by atoms with Crippen LogP contribution in [0.1, 0.15) is 53.4 Å². The molecule has 2 N–H and O–H groups in total. The Morgan fingerprint density at radius 1 is 1.22 bits per heavy atom. The number of hydrogen-bond donors (Lipinski definition) is 2. The summed E-state index contributed by atoms with van der Waals surface area (Å²) in [6.07, 6.45) is 3.46. The second-order valence-corrected chi connectivity index (χ2v) is 8.35. The van der Waals surface area contributed by atoms with Gasteiger partial charge in [-0.05, 0) is 59.3 Å². The summed E-state index contributed by atoms with van der Waals surface area (Å²) in [7, 11) is 0. The van der Waals surface area contributed by atoms with Crippen molar-refractivity contribution in [2.45, 2.75) is 65.1 Å². The van der Waals surface area contributed by atoms with Gasteiger partial charge < -0.3 is 25.0 Å². The summed E-state index contributed by atoms with van der Waals surface area (Å²) in [5.41, 5.74) is -0.449. The molecule has 2 heterocycles. The van der Waals surface area contributed by atoms with Crippen LogP contribution in [0.2, 0.25) is 0 Å². The molecule has 0 aromatic carbocycles. The van der Waals surface area contributed by atoms with Gasteiger partial charge in [-0.15, -0.1) is 24.0 Å². The van der Waals surface area contributed by atoms with E-state index in [4.69, 9.17) is 9.73 Å². The molecule has 0 bridgehead atoms. The molecular formula is C19H37IN4O3. The van der Waals surface area contributed by atoms with Gasteiger partial charge in [0.05, 0.1) is 6.10 Å².